The SMILES string of the molecule is C#CC(O)Cc1ccc(-c2ccc3nc(C)cnc3c2)cc1F. The van der Waals surface area contributed by atoms with E-state index in [4.69, 9.17) is 6.42 Å². The molecule has 1 N–H and O–H groups in total. The minimum Gasteiger partial charge on any atom is -0.380 e. The Bertz CT molecular complexity index is 915. The Morgan fingerprint density at radius 1 is 1.17 bits per heavy atom. The average Bonchev–Trinajstić information content (AvgIpc) is 2.56. The molecule has 0 bridgehead atoms. The minimum atomic E-state index is -0.977. The summed E-state index contributed by atoms with van der Waals surface area (Å²) in [6.45, 7) is 1.89. The van der Waals surface area contributed by atoms with Gasteiger partial charge in [0.25, 0.3) is 0 Å². The van der Waals surface area contributed by atoms with Crippen LogP contribution in [0.5, 0.6) is 0 Å². The van der Waals surface area contributed by atoms with E-state index in [0.717, 1.165) is 27.9 Å². The van der Waals surface area contributed by atoms with Crippen LogP contribution in [0.15, 0.2) is 42.6 Å². The molecule has 0 amide bonds. The molecule has 0 spiro atoms. The first-order chi connectivity index (χ1) is 11.1. The number of aryl methyl sites for hydroxylation is 1. The molecule has 0 aliphatic rings. The number of halogens is 1. The van der Waals surface area contributed by atoms with E-state index in [-0.39, 0.29) is 12.2 Å². The van der Waals surface area contributed by atoms with Gasteiger partial charge in [-0.1, -0.05) is 24.1 Å². The third-order valence-electron chi connectivity index (χ3n) is 3.65. The van der Waals surface area contributed by atoms with Crippen molar-refractivity contribution in [1.29, 1.82) is 0 Å². The molecule has 1 heterocycles. The van der Waals surface area contributed by atoms with Crippen LogP contribution in [-0.2, 0) is 6.42 Å². The van der Waals surface area contributed by atoms with E-state index < -0.39 is 6.10 Å². The largest absolute Gasteiger partial charge is 0.380 e. The number of aromatic nitrogens is 2. The van der Waals surface area contributed by atoms with Gasteiger partial charge in [-0.2, -0.15) is 0 Å². The van der Waals surface area contributed by atoms with Crippen LogP contribution < -0.4 is 0 Å². The lowest BCUT2D eigenvalue weighted by Crippen LogP contribution is -2.08. The van der Waals surface area contributed by atoms with Gasteiger partial charge in [-0.3, -0.25) is 4.98 Å². The van der Waals surface area contributed by atoms with Gasteiger partial charge in [0.2, 0.25) is 0 Å². The Kier molecular flexibility index (Phi) is 4.05. The third kappa shape index (κ3) is 3.20. The van der Waals surface area contributed by atoms with Gasteiger partial charge in [0.15, 0.2) is 0 Å². The summed E-state index contributed by atoms with van der Waals surface area (Å²) in [6.07, 6.45) is 5.95. The van der Waals surface area contributed by atoms with Gasteiger partial charge in [0.1, 0.15) is 11.9 Å². The van der Waals surface area contributed by atoms with Crippen molar-refractivity contribution in [3.05, 3.63) is 59.7 Å². The van der Waals surface area contributed by atoms with Gasteiger partial charge >= 0.3 is 0 Å². The zero-order valence-electron chi connectivity index (χ0n) is 12.6. The van der Waals surface area contributed by atoms with Crippen LogP contribution in [0.1, 0.15) is 11.3 Å². The van der Waals surface area contributed by atoms with Crippen molar-refractivity contribution in [2.75, 3.05) is 0 Å². The number of fused-ring (bicyclic) bond motifs is 1. The van der Waals surface area contributed by atoms with Crippen LogP contribution in [0.3, 0.4) is 0 Å². The molecule has 0 saturated heterocycles. The van der Waals surface area contributed by atoms with Gasteiger partial charge in [0.05, 0.1) is 16.7 Å². The highest BCUT2D eigenvalue weighted by molar-refractivity contribution is 5.81. The predicted octanol–water partition coefficient (Wildman–Crippen LogP) is 3.28. The normalized spacial score (nSPS) is 12.1. The average molecular weight is 306 g/mol. The minimum absolute atomic E-state index is 0.102. The van der Waals surface area contributed by atoms with Crippen molar-refractivity contribution >= 4 is 11.0 Å². The standard InChI is InChI=1S/C19H15FN2O/c1-3-16(23)8-15-5-4-13(9-17(15)20)14-6-7-18-19(10-14)21-11-12(2)22-18/h1,4-7,9-11,16,23H,8H2,2H3. The Balaban J connectivity index is 1.97. The number of terminal acetylenes is 1. The number of hydrogen-bond donors (Lipinski definition) is 1. The Morgan fingerprint density at radius 2 is 1.91 bits per heavy atom. The van der Waals surface area contributed by atoms with Crippen molar-refractivity contribution in [2.45, 2.75) is 19.4 Å². The maximum absolute atomic E-state index is 14.2. The zero-order chi connectivity index (χ0) is 16.4. The van der Waals surface area contributed by atoms with E-state index >= 15 is 0 Å². The molecule has 3 rings (SSSR count). The first kappa shape index (κ1) is 15.1. The van der Waals surface area contributed by atoms with Crippen molar-refractivity contribution in [3.63, 3.8) is 0 Å². The molecular formula is C19H15FN2O. The molecule has 1 aromatic heterocycles. The predicted molar refractivity (Wildman–Crippen MR) is 88.2 cm³/mol. The van der Waals surface area contributed by atoms with E-state index in [1.54, 1.807) is 12.3 Å². The summed E-state index contributed by atoms with van der Waals surface area (Å²) >= 11 is 0. The highest BCUT2D eigenvalue weighted by Gasteiger charge is 2.09. The second-order valence-corrected chi connectivity index (χ2v) is 5.41. The van der Waals surface area contributed by atoms with Crippen molar-refractivity contribution in [1.82, 2.24) is 9.97 Å². The van der Waals surface area contributed by atoms with Gasteiger partial charge in [0, 0.05) is 12.6 Å². The quantitative estimate of drug-likeness (QED) is 0.755. The second-order valence-electron chi connectivity index (χ2n) is 5.41. The molecule has 23 heavy (non-hydrogen) atoms. The summed E-state index contributed by atoms with van der Waals surface area (Å²) in [5.41, 5.74) is 4.43. The molecule has 1 unspecified atom stereocenters. The molecule has 114 valence electrons. The molecular weight excluding hydrogens is 291 g/mol. The maximum Gasteiger partial charge on any atom is 0.127 e. The molecule has 0 aliphatic heterocycles. The fourth-order valence-corrected chi connectivity index (χ4v) is 2.44. The Labute approximate surface area is 133 Å². The molecule has 0 saturated carbocycles. The molecule has 4 heteroatoms. The summed E-state index contributed by atoms with van der Waals surface area (Å²) in [7, 11) is 0. The van der Waals surface area contributed by atoms with E-state index in [2.05, 4.69) is 15.9 Å². The number of rotatable bonds is 3. The Morgan fingerprint density at radius 3 is 2.65 bits per heavy atom. The number of aliphatic hydroxyl groups is 1. The maximum atomic E-state index is 14.2. The van der Waals surface area contributed by atoms with Gasteiger partial charge in [-0.15, -0.1) is 6.42 Å². The second kappa shape index (κ2) is 6.15. The van der Waals surface area contributed by atoms with Crippen LogP contribution in [-0.4, -0.2) is 21.2 Å². The number of hydrogen-bond acceptors (Lipinski definition) is 3. The number of benzene rings is 2. The topological polar surface area (TPSA) is 46.0 Å². The monoisotopic (exact) mass is 306 g/mol. The van der Waals surface area contributed by atoms with Gasteiger partial charge in [-0.05, 0) is 41.8 Å². The highest BCUT2D eigenvalue weighted by atomic mass is 19.1. The first-order valence-corrected chi connectivity index (χ1v) is 7.23. The number of nitrogens with zero attached hydrogens (tertiary/aromatic N) is 2. The highest BCUT2D eigenvalue weighted by Crippen LogP contribution is 2.25. The van der Waals surface area contributed by atoms with Crippen molar-refractivity contribution < 1.29 is 9.50 Å². The van der Waals surface area contributed by atoms with Gasteiger partial charge < -0.3 is 5.11 Å². The molecule has 0 radical (unpaired) electrons. The lowest BCUT2D eigenvalue weighted by molar-refractivity contribution is 0.232. The summed E-state index contributed by atoms with van der Waals surface area (Å²) in [5.74, 6) is 1.80. The van der Waals surface area contributed by atoms with E-state index in [1.165, 1.54) is 6.07 Å². The summed E-state index contributed by atoms with van der Waals surface area (Å²) < 4.78 is 14.2. The summed E-state index contributed by atoms with van der Waals surface area (Å²) in [6, 6.07) is 10.5. The zero-order valence-corrected chi connectivity index (χ0v) is 12.6. The van der Waals surface area contributed by atoms with Crippen LogP contribution in [0.4, 0.5) is 4.39 Å². The summed E-state index contributed by atoms with van der Waals surface area (Å²) in [4.78, 5) is 8.75. The van der Waals surface area contributed by atoms with Crippen LogP contribution in [0.2, 0.25) is 0 Å². The van der Waals surface area contributed by atoms with E-state index in [9.17, 15) is 9.50 Å². The molecule has 2 aromatic carbocycles. The molecule has 3 aromatic rings. The van der Waals surface area contributed by atoms with Crippen LogP contribution >= 0.6 is 0 Å². The van der Waals surface area contributed by atoms with E-state index in [0.29, 0.717) is 5.56 Å². The number of aliphatic hydroxyl groups excluding tert-OH is 1. The lowest BCUT2D eigenvalue weighted by atomic mass is 10.0. The van der Waals surface area contributed by atoms with Crippen LogP contribution in [0.25, 0.3) is 22.2 Å². The molecule has 0 aliphatic carbocycles. The smallest absolute Gasteiger partial charge is 0.127 e. The lowest BCUT2D eigenvalue weighted by Gasteiger charge is -2.08. The summed E-state index contributed by atoms with van der Waals surface area (Å²) in [5, 5.41) is 9.44. The Hall–Kier alpha value is -2.77. The van der Waals surface area contributed by atoms with Gasteiger partial charge in [-0.25, -0.2) is 9.37 Å². The molecule has 1 atom stereocenters. The fourth-order valence-electron chi connectivity index (χ4n) is 2.44. The van der Waals surface area contributed by atoms with Crippen LogP contribution in [0, 0.1) is 25.1 Å². The third-order valence-corrected chi connectivity index (χ3v) is 3.65. The molecule has 0 fully saturated rings. The van der Waals surface area contributed by atoms with Crippen molar-refractivity contribution in [2.24, 2.45) is 0 Å². The molecule has 3 nitrogen and oxygen atoms in total. The fraction of sp³-hybridized carbons (Fsp3) is 0.158. The van der Waals surface area contributed by atoms with E-state index in [1.807, 2.05) is 31.2 Å². The first-order valence-electron chi connectivity index (χ1n) is 7.23. The van der Waals surface area contributed by atoms with Crippen molar-refractivity contribution in [3.8, 4) is 23.5 Å².